The first-order chi connectivity index (χ1) is 14.7. The van der Waals surface area contributed by atoms with E-state index in [2.05, 4.69) is 26.0 Å². The molecule has 0 heterocycles. The zero-order valence-electron chi connectivity index (χ0n) is 17.9. The lowest BCUT2D eigenvalue weighted by atomic mass is 10.1. The number of carbonyl (C=O) groups is 1. The van der Waals surface area contributed by atoms with Crippen LogP contribution in [0.2, 0.25) is 0 Å². The van der Waals surface area contributed by atoms with Gasteiger partial charge in [0, 0.05) is 10.0 Å². The fourth-order valence-corrected chi connectivity index (χ4v) is 3.93. The number of carbonyl (C=O) groups excluding carboxylic acids is 1. The summed E-state index contributed by atoms with van der Waals surface area (Å²) in [6.07, 6.45) is 0. The summed E-state index contributed by atoms with van der Waals surface area (Å²) >= 11 is 4.69. The monoisotopic (exact) mass is 500 g/mol. The van der Waals surface area contributed by atoms with Crippen molar-refractivity contribution in [2.45, 2.75) is 31.2 Å². The minimum atomic E-state index is -0.316. The molecule has 31 heavy (non-hydrogen) atoms. The van der Waals surface area contributed by atoms with Gasteiger partial charge < -0.3 is 14.8 Å². The zero-order valence-corrected chi connectivity index (χ0v) is 20.3. The Morgan fingerprint density at radius 3 is 2.35 bits per heavy atom. The fraction of sp³-hybridized carbons (Fsp3) is 0.208. The Morgan fingerprint density at radius 1 is 0.935 bits per heavy atom. The maximum Gasteiger partial charge on any atom is 0.325 e. The van der Waals surface area contributed by atoms with Crippen LogP contribution in [-0.4, -0.2) is 18.7 Å². The lowest BCUT2D eigenvalue weighted by Gasteiger charge is -2.20. The third-order valence-electron chi connectivity index (χ3n) is 4.13. The molecule has 0 saturated heterocycles. The summed E-state index contributed by atoms with van der Waals surface area (Å²) in [5.41, 5.74) is 1.79. The topological polar surface area (TPSA) is 59.6 Å². The third kappa shape index (κ3) is 6.94. The van der Waals surface area contributed by atoms with Crippen LogP contribution in [0, 0.1) is 0 Å². The predicted octanol–water partition coefficient (Wildman–Crippen LogP) is 7.02. The highest BCUT2D eigenvalue weighted by atomic mass is 79.9. The van der Waals surface area contributed by atoms with Gasteiger partial charge in [-0.15, -0.1) is 0 Å². The van der Waals surface area contributed by atoms with E-state index < -0.39 is 0 Å². The van der Waals surface area contributed by atoms with Gasteiger partial charge in [-0.1, -0.05) is 40.2 Å². The van der Waals surface area contributed by atoms with E-state index in [-0.39, 0.29) is 11.6 Å². The number of amides is 2. The molecule has 0 aliphatic carbocycles. The van der Waals surface area contributed by atoms with Crippen molar-refractivity contribution in [1.29, 1.82) is 0 Å². The second-order valence-electron chi connectivity index (χ2n) is 7.86. The van der Waals surface area contributed by atoms with Gasteiger partial charge in [0.05, 0.1) is 12.0 Å². The average Bonchev–Trinajstić information content (AvgIpc) is 2.73. The normalized spacial score (nSPS) is 11.0. The second kappa shape index (κ2) is 10.1. The van der Waals surface area contributed by atoms with Crippen molar-refractivity contribution in [2.24, 2.45) is 0 Å². The van der Waals surface area contributed by atoms with Gasteiger partial charge in [-0.2, -0.15) is 0 Å². The molecule has 0 unspecified atom stereocenters. The van der Waals surface area contributed by atoms with E-state index in [0.717, 1.165) is 26.2 Å². The summed E-state index contributed by atoms with van der Waals surface area (Å²) in [5, 5.41) is 2.87. The second-order valence-corrected chi connectivity index (χ2v) is 9.62. The van der Waals surface area contributed by atoms with Crippen LogP contribution >= 0.6 is 27.9 Å². The van der Waals surface area contributed by atoms with E-state index in [0.29, 0.717) is 11.5 Å². The van der Waals surface area contributed by atoms with Gasteiger partial charge in [0.15, 0.2) is 0 Å². The molecule has 0 atom stereocenters. The first-order valence-corrected chi connectivity index (χ1v) is 11.3. The van der Waals surface area contributed by atoms with E-state index in [1.54, 1.807) is 7.11 Å². The molecule has 0 aliphatic heterocycles. The quantitative estimate of drug-likeness (QED) is 0.357. The lowest BCUT2D eigenvalue weighted by molar-refractivity contribution is 0.238. The number of hydrogen-bond donors (Lipinski definition) is 2. The van der Waals surface area contributed by atoms with Crippen LogP contribution in [0.3, 0.4) is 0 Å². The Hall–Kier alpha value is -2.64. The first-order valence-electron chi connectivity index (χ1n) is 9.70. The molecule has 3 aromatic carbocycles. The Kier molecular flexibility index (Phi) is 7.51. The van der Waals surface area contributed by atoms with E-state index in [1.165, 1.54) is 11.9 Å². The molecule has 3 rings (SSSR count). The molecule has 162 valence electrons. The molecular formula is C24H25BrN2O3S. The van der Waals surface area contributed by atoms with Crippen molar-refractivity contribution in [3.8, 4) is 28.4 Å². The van der Waals surface area contributed by atoms with Gasteiger partial charge in [-0.3, -0.25) is 4.72 Å². The van der Waals surface area contributed by atoms with E-state index in [9.17, 15) is 4.79 Å². The maximum atomic E-state index is 12.1. The third-order valence-corrected chi connectivity index (χ3v) is 5.45. The molecule has 3 aromatic rings. The van der Waals surface area contributed by atoms with Crippen molar-refractivity contribution in [1.82, 2.24) is 10.0 Å². The molecule has 0 radical (unpaired) electrons. The first kappa shape index (κ1) is 23.0. The SMILES string of the molecule is COc1ccc(-c2cccc(Oc3ccc(Br)cc3SNC(=O)NC(C)(C)C)c2)cc1. The summed E-state index contributed by atoms with van der Waals surface area (Å²) in [6.45, 7) is 5.79. The number of ether oxygens (including phenoxy) is 2. The largest absolute Gasteiger partial charge is 0.497 e. The Balaban J connectivity index is 1.77. The van der Waals surface area contributed by atoms with E-state index >= 15 is 0 Å². The average molecular weight is 501 g/mol. The number of nitrogens with one attached hydrogen (secondary N) is 2. The summed E-state index contributed by atoms with van der Waals surface area (Å²) in [6, 6.07) is 21.2. The molecule has 0 bridgehead atoms. The maximum absolute atomic E-state index is 12.1. The molecule has 0 aliphatic rings. The van der Waals surface area contributed by atoms with Crippen molar-refractivity contribution in [3.05, 3.63) is 71.2 Å². The van der Waals surface area contributed by atoms with Gasteiger partial charge in [0.1, 0.15) is 17.2 Å². The van der Waals surface area contributed by atoms with Crippen LogP contribution in [0.25, 0.3) is 11.1 Å². The number of hydrogen-bond acceptors (Lipinski definition) is 4. The van der Waals surface area contributed by atoms with Crippen LogP contribution in [0.4, 0.5) is 4.79 Å². The smallest absolute Gasteiger partial charge is 0.325 e. The van der Waals surface area contributed by atoms with Crippen LogP contribution < -0.4 is 19.5 Å². The molecular weight excluding hydrogens is 476 g/mol. The van der Waals surface area contributed by atoms with Crippen LogP contribution in [0.15, 0.2) is 76.1 Å². The van der Waals surface area contributed by atoms with Crippen LogP contribution in [0.1, 0.15) is 20.8 Å². The number of benzene rings is 3. The molecule has 7 heteroatoms. The van der Waals surface area contributed by atoms with Crippen LogP contribution in [0.5, 0.6) is 17.2 Å². The molecule has 2 amide bonds. The molecule has 5 nitrogen and oxygen atoms in total. The van der Waals surface area contributed by atoms with Gasteiger partial charge in [0.25, 0.3) is 0 Å². The zero-order chi connectivity index (χ0) is 22.4. The molecule has 2 N–H and O–H groups in total. The van der Waals surface area contributed by atoms with Gasteiger partial charge >= 0.3 is 6.03 Å². The van der Waals surface area contributed by atoms with Gasteiger partial charge in [-0.25, -0.2) is 4.79 Å². The van der Waals surface area contributed by atoms with E-state index in [4.69, 9.17) is 9.47 Å². The Morgan fingerprint density at radius 2 is 1.68 bits per heavy atom. The number of halogens is 1. The minimum absolute atomic E-state index is 0.259. The lowest BCUT2D eigenvalue weighted by Crippen LogP contribution is -2.44. The summed E-state index contributed by atoms with van der Waals surface area (Å²) in [5.74, 6) is 2.17. The van der Waals surface area contributed by atoms with Crippen molar-refractivity contribution < 1.29 is 14.3 Å². The number of rotatable bonds is 6. The fourth-order valence-electron chi connectivity index (χ4n) is 2.76. The number of urea groups is 1. The van der Waals surface area contributed by atoms with Gasteiger partial charge in [0.2, 0.25) is 0 Å². The molecule has 0 spiro atoms. The van der Waals surface area contributed by atoms with E-state index in [1.807, 2.05) is 87.5 Å². The standard InChI is InChI=1S/C24H25BrN2O3S/c1-24(2,3)26-23(28)27-31-22-15-18(25)10-13-21(22)30-20-7-5-6-17(14-20)16-8-11-19(29-4)12-9-16/h5-15H,1-4H3,(H2,26,27,28). The minimum Gasteiger partial charge on any atom is -0.497 e. The molecule has 0 fully saturated rings. The summed E-state index contributed by atoms with van der Waals surface area (Å²) in [4.78, 5) is 12.9. The van der Waals surface area contributed by atoms with Crippen LogP contribution in [-0.2, 0) is 0 Å². The highest BCUT2D eigenvalue weighted by molar-refractivity contribution is 9.10. The Bertz CT molecular complexity index is 1050. The summed E-state index contributed by atoms with van der Waals surface area (Å²) in [7, 11) is 1.65. The van der Waals surface area contributed by atoms with Crippen molar-refractivity contribution in [2.75, 3.05) is 7.11 Å². The predicted molar refractivity (Wildman–Crippen MR) is 130 cm³/mol. The van der Waals surface area contributed by atoms with Gasteiger partial charge in [-0.05, 0) is 86.3 Å². The van der Waals surface area contributed by atoms with Crippen molar-refractivity contribution in [3.63, 3.8) is 0 Å². The highest BCUT2D eigenvalue weighted by Crippen LogP contribution is 2.35. The highest BCUT2D eigenvalue weighted by Gasteiger charge is 2.15. The van der Waals surface area contributed by atoms with Crippen molar-refractivity contribution >= 4 is 33.9 Å². The molecule has 0 aromatic heterocycles. The molecule has 0 saturated carbocycles. The number of methoxy groups -OCH3 is 1. The summed E-state index contributed by atoms with van der Waals surface area (Å²) < 4.78 is 15.1. The Labute approximate surface area is 195 Å².